The first-order valence-electron chi connectivity index (χ1n) is 9.34. The van der Waals surface area contributed by atoms with Crippen LogP contribution in [0.5, 0.6) is 0 Å². The minimum absolute atomic E-state index is 0.261. The van der Waals surface area contributed by atoms with Crippen LogP contribution in [0.15, 0.2) is 103 Å². The molecule has 140 valence electrons. The lowest BCUT2D eigenvalue weighted by molar-refractivity contribution is 1.16. The van der Waals surface area contributed by atoms with Crippen LogP contribution in [0.1, 0.15) is 11.3 Å². The number of pyridine rings is 1. The molecule has 2 nitrogen and oxygen atoms in total. The van der Waals surface area contributed by atoms with E-state index in [1.165, 1.54) is 15.9 Å². The molecule has 0 radical (unpaired) electrons. The van der Waals surface area contributed by atoms with Crippen LogP contribution in [0.25, 0.3) is 0 Å². The Balaban J connectivity index is 1.98. The number of nitriles is 1. The van der Waals surface area contributed by atoms with Gasteiger partial charge in [-0.05, 0) is 48.5 Å². The third-order valence-corrected chi connectivity index (χ3v) is 9.64. The second kappa shape index (κ2) is 8.58. The molecule has 0 saturated carbocycles. The fraction of sp³-hybridized carbons (Fsp3) is 0.0400. The third-order valence-electron chi connectivity index (χ3n) is 5.02. The average molecular weight is 414 g/mol. The van der Waals surface area contributed by atoms with Crippen molar-refractivity contribution in [3.8, 4) is 6.07 Å². The lowest BCUT2D eigenvalue weighted by Gasteiger charge is -2.27. The number of nitrogens with zero attached hydrogens (tertiary/aromatic N) is 2. The van der Waals surface area contributed by atoms with E-state index in [4.69, 9.17) is 11.6 Å². The Morgan fingerprint density at radius 2 is 1.14 bits per heavy atom. The van der Waals surface area contributed by atoms with Crippen molar-refractivity contribution in [1.82, 2.24) is 4.98 Å². The summed E-state index contributed by atoms with van der Waals surface area (Å²) in [7, 11) is -2.02. The molecule has 0 aliphatic heterocycles. The average Bonchev–Trinajstić information content (AvgIpc) is 2.79. The number of halogens is 1. The van der Waals surface area contributed by atoms with Crippen LogP contribution in [-0.4, -0.2) is 4.98 Å². The Kier molecular flexibility index (Phi) is 5.72. The van der Waals surface area contributed by atoms with Crippen molar-refractivity contribution in [3.63, 3.8) is 0 Å². The van der Waals surface area contributed by atoms with E-state index in [0.29, 0.717) is 5.56 Å². The summed E-state index contributed by atoms with van der Waals surface area (Å²) in [5.74, 6) is 0. The summed E-state index contributed by atoms with van der Waals surface area (Å²) in [6.07, 6.45) is 0.733. The molecule has 0 aliphatic carbocycles. The van der Waals surface area contributed by atoms with Crippen molar-refractivity contribution in [3.05, 3.63) is 120 Å². The van der Waals surface area contributed by atoms with E-state index in [1.807, 2.05) is 24.3 Å². The van der Waals surface area contributed by atoms with Gasteiger partial charge in [0.1, 0.15) is 40.6 Å². The fourth-order valence-corrected chi connectivity index (χ4v) is 8.02. The molecule has 4 aromatic rings. The van der Waals surface area contributed by atoms with Gasteiger partial charge < -0.3 is 0 Å². The molecule has 0 N–H and O–H groups in total. The Labute approximate surface area is 176 Å². The van der Waals surface area contributed by atoms with Crippen LogP contribution in [0.2, 0.25) is 5.15 Å². The van der Waals surface area contributed by atoms with Gasteiger partial charge in [0.05, 0.1) is 11.3 Å². The quantitative estimate of drug-likeness (QED) is 0.337. The first-order chi connectivity index (χ1) is 14.2. The predicted octanol–water partition coefficient (Wildman–Crippen LogP) is 5.10. The summed E-state index contributed by atoms with van der Waals surface area (Å²) in [5.41, 5.74) is 1.29. The molecule has 0 aliphatic rings. The van der Waals surface area contributed by atoms with Crippen molar-refractivity contribution in [2.24, 2.45) is 0 Å². The summed E-state index contributed by atoms with van der Waals surface area (Å²) < 4.78 is 0. The molecule has 3 aromatic carbocycles. The molecular formula is C25H19ClN2P+. The van der Waals surface area contributed by atoms with Crippen LogP contribution in [0, 0.1) is 11.3 Å². The molecule has 0 spiro atoms. The molecule has 1 aromatic heterocycles. The molecule has 1 heterocycles. The van der Waals surface area contributed by atoms with Crippen LogP contribution in [0.4, 0.5) is 0 Å². The van der Waals surface area contributed by atoms with Gasteiger partial charge in [0, 0.05) is 0 Å². The Morgan fingerprint density at radius 3 is 1.52 bits per heavy atom. The number of aromatic nitrogens is 1. The zero-order valence-corrected chi connectivity index (χ0v) is 17.4. The molecule has 0 bridgehead atoms. The molecule has 0 atom stereocenters. The molecular weight excluding hydrogens is 395 g/mol. The van der Waals surface area contributed by atoms with Crippen molar-refractivity contribution < 1.29 is 0 Å². The summed E-state index contributed by atoms with van der Waals surface area (Å²) in [4.78, 5) is 4.58. The van der Waals surface area contributed by atoms with Gasteiger partial charge in [-0.25, -0.2) is 4.98 Å². The third kappa shape index (κ3) is 3.81. The zero-order valence-electron chi connectivity index (χ0n) is 15.7. The van der Waals surface area contributed by atoms with Gasteiger partial charge in [-0.3, -0.25) is 0 Å². The van der Waals surface area contributed by atoms with E-state index in [0.717, 1.165) is 11.9 Å². The standard InChI is InChI=1S/C25H19ClN2P/c26-25-20(18-27)16-17-21(28-25)19-29(22-10-4-1-5-11-22,23-12-6-2-7-13-23)24-14-8-3-9-15-24/h1-17H,19H2/q+1. The highest BCUT2D eigenvalue weighted by Gasteiger charge is 2.45. The molecule has 0 fully saturated rings. The first kappa shape index (κ1) is 19.3. The Bertz CT molecular complexity index is 1040. The van der Waals surface area contributed by atoms with Gasteiger partial charge in [0.15, 0.2) is 0 Å². The summed E-state index contributed by atoms with van der Waals surface area (Å²) in [6.45, 7) is 0. The van der Waals surface area contributed by atoms with E-state index in [-0.39, 0.29) is 5.15 Å². The molecule has 4 heteroatoms. The lowest BCUT2D eigenvalue weighted by Crippen LogP contribution is -2.32. The smallest absolute Gasteiger partial charge is 0.147 e. The van der Waals surface area contributed by atoms with Crippen molar-refractivity contribution in [2.75, 3.05) is 0 Å². The van der Waals surface area contributed by atoms with E-state index in [9.17, 15) is 5.26 Å². The second-order valence-corrected chi connectivity index (χ2v) is 10.6. The Hall–Kier alpha value is -2.98. The highest BCUT2D eigenvalue weighted by Crippen LogP contribution is 2.57. The minimum atomic E-state index is -2.02. The largest absolute Gasteiger partial charge is 0.236 e. The lowest BCUT2D eigenvalue weighted by atomic mass is 10.3. The van der Waals surface area contributed by atoms with Gasteiger partial charge in [0.25, 0.3) is 0 Å². The van der Waals surface area contributed by atoms with Crippen LogP contribution >= 0.6 is 18.9 Å². The normalized spacial score (nSPS) is 11.0. The zero-order chi connectivity index (χ0) is 20.1. The van der Waals surface area contributed by atoms with Gasteiger partial charge in [-0.1, -0.05) is 66.2 Å². The predicted molar refractivity (Wildman–Crippen MR) is 123 cm³/mol. The van der Waals surface area contributed by atoms with Crippen LogP contribution in [-0.2, 0) is 6.16 Å². The highest BCUT2D eigenvalue weighted by atomic mass is 35.5. The van der Waals surface area contributed by atoms with Crippen LogP contribution in [0.3, 0.4) is 0 Å². The second-order valence-electron chi connectivity index (χ2n) is 6.73. The van der Waals surface area contributed by atoms with E-state index in [1.54, 1.807) is 6.07 Å². The Morgan fingerprint density at radius 1 is 0.690 bits per heavy atom. The molecule has 0 saturated heterocycles. The van der Waals surface area contributed by atoms with E-state index in [2.05, 4.69) is 83.8 Å². The molecule has 0 amide bonds. The first-order valence-corrected chi connectivity index (χ1v) is 11.7. The van der Waals surface area contributed by atoms with Crippen molar-refractivity contribution in [2.45, 2.75) is 6.16 Å². The number of benzene rings is 3. The maximum absolute atomic E-state index is 9.21. The SMILES string of the molecule is N#Cc1ccc(C[P+](c2ccccc2)(c2ccccc2)c2ccccc2)nc1Cl. The summed E-state index contributed by atoms with van der Waals surface area (Å²) >= 11 is 6.28. The van der Waals surface area contributed by atoms with Crippen molar-refractivity contribution in [1.29, 1.82) is 5.26 Å². The van der Waals surface area contributed by atoms with Gasteiger partial charge in [0.2, 0.25) is 0 Å². The van der Waals surface area contributed by atoms with Gasteiger partial charge in [-0.2, -0.15) is 5.26 Å². The van der Waals surface area contributed by atoms with E-state index >= 15 is 0 Å². The fourth-order valence-electron chi connectivity index (χ4n) is 3.65. The molecule has 4 rings (SSSR count). The summed E-state index contributed by atoms with van der Waals surface area (Å²) in [6, 6.07) is 37.7. The molecule has 29 heavy (non-hydrogen) atoms. The van der Waals surface area contributed by atoms with E-state index < -0.39 is 7.26 Å². The maximum atomic E-state index is 9.21. The molecule has 0 unspecified atom stereocenters. The number of hydrogen-bond donors (Lipinski definition) is 0. The van der Waals surface area contributed by atoms with Gasteiger partial charge in [-0.15, -0.1) is 0 Å². The maximum Gasteiger partial charge on any atom is 0.147 e. The van der Waals surface area contributed by atoms with Gasteiger partial charge >= 0.3 is 0 Å². The topological polar surface area (TPSA) is 36.7 Å². The van der Waals surface area contributed by atoms with Crippen molar-refractivity contribution >= 4 is 34.8 Å². The summed E-state index contributed by atoms with van der Waals surface area (Å²) in [5, 5.41) is 13.3. The monoisotopic (exact) mass is 413 g/mol. The minimum Gasteiger partial charge on any atom is -0.236 e. The number of hydrogen-bond acceptors (Lipinski definition) is 2. The highest BCUT2D eigenvalue weighted by molar-refractivity contribution is 7.95. The van der Waals surface area contributed by atoms with Crippen LogP contribution < -0.4 is 15.9 Å². The number of rotatable bonds is 5.